The number of amides is 1. The Morgan fingerprint density at radius 3 is 2.60 bits per heavy atom. The first kappa shape index (κ1) is 14.3. The van der Waals surface area contributed by atoms with E-state index in [0.29, 0.717) is 12.1 Å². The lowest BCUT2D eigenvalue weighted by molar-refractivity contribution is 0.0938. The van der Waals surface area contributed by atoms with Crippen LogP contribution in [0.5, 0.6) is 0 Å². The van der Waals surface area contributed by atoms with E-state index in [1.807, 2.05) is 62.3 Å². The number of nitrogens with one attached hydrogen (secondary N) is 1. The van der Waals surface area contributed by atoms with Crippen LogP contribution < -0.4 is 5.32 Å². The van der Waals surface area contributed by atoms with E-state index in [1.54, 1.807) is 6.26 Å². The molecule has 2 aromatic rings. The fourth-order valence-electron chi connectivity index (χ4n) is 2.13. The van der Waals surface area contributed by atoms with Crippen LogP contribution >= 0.6 is 0 Å². The van der Waals surface area contributed by atoms with Crippen LogP contribution in [0.1, 0.15) is 27.7 Å². The van der Waals surface area contributed by atoms with Gasteiger partial charge in [0.05, 0.1) is 12.3 Å². The van der Waals surface area contributed by atoms with E-state index in [1.165, 1.54) is 0 Å². The van der Waals surface area contributed by atoms with Gasteiger partial charge in [-0.15, -0.1) is 0 Å². The molecule has 0 radical (unpaired) electrons. The van der Waals surface area contributed by atoms with E-state index >= 15 is 0 Å². The lowest BCUT2D eigenvalue weighted by Gasteiger charge is -2.22. The summed E-state index contributed by atoms with van der Waals surface area (Å²) in [6.45, 7) is 2.44. The van der Waals surface area contributed by atoms with Crippen molar-refractivity contribution in [3.05, 3.63) is 59.5 Å². The Labute approximate surface area is 119 Å². The quantitative estimate of drug-likeness (QED) is 0.910. The van der Waals surface area contributed by atoms with Crippen LogP contribution in [0, 0.1) is 6.92 Å². The maximum atomic E-state index is 12.2. The summed E-state index contributed by atoms with van der Waals surface area (Å²) in [6, 6.07) is 11.4. The Hall–Kier alpha value is -2.07. The summed E-state index contributed by atoms with van der Waals surface area (Å²) in [7, 11) is 3.93. The van der Waals surface area contributed by atoms with Gasteiger partial charge >= 0.3 is 0 Å². The first-order chi connectivity index (χ1) is 9.59. The molecular formula is C16H20N2O2. The summed E-state index contributed by atoms with van der Waals surface area (Å²) in [6.07, 6.45) is 1.65. The molecule has 0 aliphatic heterocycles. The van der Waals surface area contributed by atoms with Gasteiger partial charge in [0.2, 0.25) is 0 Å². The second-order valence-corrected chi connectivity index (χ2v) is 5.02. The average Bonchev–Trinajstić information content (AvgIpc) is 2.92. The van der Waals surface area contributed by atoms with Gasteiger partial charge in [-0.3, -0.25) is 9.69 Å². The van der Waals surface area contributed by atoms with Crippen molar-refractivity contribution in [3.8, 4) is 0 Å². The van der Waals surface area contributed by atoms with Gasteiger partial charge in [-0.1, -0.05) is 18.2 Å². The van der Waals surface area contributed by atoms with Gasteiger partial charge in [0.1, 0.15) is 5.76 Å². The van der Waals surface area contributed by atoms with Crippen molar-refractivity contribution in [1.82, 2.24) is 10.2 Å². The summed E-state index contributed by atoms with van der Waals surface area (Å²) in [5, 5.41) is 2.97. The number of carbonyl (C=O) groups excluding carboxylic acids is 1. The fourth-order valence-corrected chi connectivity index (χ4v) is 2.13. The number of carbonyl (C=O) groups is 1. The topological polar surface area (TPSA) is 45.5 Å². The highest BCUT2D eigenvalue weighted by Crippen LogP contribution is 2.18. The van der Waals surface area contributed by atoms with Crippen molar-refractivity contribution in [3.63, 3.8) is 0 Å². The van der Waals surface area contributed by atoms with Crippen molar-refractivity contribution >= 4 is 5.91 Å². The highest BCUT2D eigenvalue weighted by molar-refractivity contribution is 5.95. The Morgan fingerprint density at radius 2 is 2.00 bits per heavy atom. The Morgan fingerprint density at radius 1 is 1.25 bits per heavy atom. The van der Waals surface area contributed by atoms with Crippen LogP contribution in [-0.2, 0) is 0 Å². The minimum Gasteiger partial charge on any atom is -0.468 e. The highest BCUT2D eigenvalue weighted by atomic mass is 16.3. The zero-order valence-corrected chi connectivity index (χ0v) is 12.1. The number of hydrogen-bond acceptors (Lipinski definition) is 3. The summed E-state index contributed by atoms with van der Waals surface area (Å²) in [5.74, 6) is 0.793. The lowest BCUT2D eigenvalue weighted by atomic mass is 10.1. The molecule has 1 N–H and O–H groups in total. The zero-order chi connectivity index (χ0) is 14.5. The number of likely N-dealkylation sites (N-methyl/N-ethyl adjacent to an activating group) is 1. The lowest BCUT2D eigenvalue weighted by Crippen LogP contribution is -2.34. The molecule has 0 bridgehead atoms. The van der Waals surface area contributed by atoms with Crippen LogP contribution in [0.25, 0.3) is 0 Å². The maximum absolute atomic E-state index is 12.2. The molecule has 1 amide bonds. The van der Waals surface area contributed by atoms with Gasteiger partial charge < -0.3 is 9.73 Å². The molecule has 106 valence electrons. The van der Waals surface area contributed by atoms with Crippen molar-refractivity contribution in [2.45, 2.75) is 13.0 Å². The largest absolute Gasteiger partial charge is 0.468 e. The molecule has 0 aliphatic rings. The predicted octanol–water partition coefficient (Wildman–Crippen LogP) is 2.62. The van der Waals surface area contributed by atoms with Gasteiger partial charge in [-0.2, -0.15) is 0 Å². The van der Waals surface area contributed by atoms with Crippen LogP contribution in [0.4, 0.5) is 0 Å². The Bertz CT molecular complexity index is 562. The second-order valence-electron chi connectivity index (χ2n) is 5.02. The first-order valence-electron chi connectivity index (χ1n) is 6.63. The molecule has 0 unspecified atom stereocenters. The standard InChI is InChI=1S/C16H20N2O2/c1-12-7-4-5-8-13(12)16(19)17-11-14(18(2)3)15-9-6-10-20-15/h4-10,14H,11H2,1-3H3,(H,17,19)/t14-/m0/s1. The third kappa shape index (κ3) is 3.27. The van der Waals surface area contributed by atoms with Gasteiger partial charge in [-0.25, -0.2) is 0 Å². The molecule has 1 aromatic carbocycles. The van der Waals surface area contributed by atoms with E-state index in [9.17, 15) is 4.79 Å². The van der Waals surface area contributed by atoms with Crippen molar-refractivity contribution in [2.24, 2.45) is 0 Å². The smallest absolute Gasteiger partial charge is 0.251 e. The maximum Gasteiger partial charge on any atom is 0.251 e. The predicted molar refractivity (Wildman–Crippen MR) is 78.6 cm³/mol. The molecule has 0 saturated heterocycles. The third-order valence-electron chi connectivity index (χ3n) is 3.34. The minimum atomic E-state index is -0.0542. The molecule has 2 rings (SSSR count). The molecule has 1 atom stereocenters. The molecule has 0 aliphatic carbocycles. The monoisotopic (exact) mass is 272 g/mol. The number of nitrogens with zero attached hydrogens (tertiary/aromatic N) is 1. The van der Waals surface area contributed by atoms with Crippen molar-refractivity contribution < 1.29 is 9.21 Å². The fraction of sp³-hybridized carbons (Fsp3) is 0.312. The van der Waals surface area contributed by atoms with Crippen LogP contribution in [-0.4, -0.2) is 31.4 Å². The third-order valence-corrected chi connectivity index (χ3v) is 3.34. The molecule has 4 heteroatoms. The number of hydrogen-bond donors (Lipinski definition) is 1. The minimum absolute atomic E-state index is 0.0259. The summed E-state index contributed by atoms with van der Waals surface area (Å²) < 4.78 is 5.43. The van der Waals surface area contributed by atoms with E-state index < -0.39 is 0 Å². The van der Waals surface area contributed by atoms with Crippen molar-refractivity contribution in [1.29, 1.82) is 0 Å². The first-order valence-corrected chi connectivity index (χ1v) is 6.63. The highest BCUT2D eigenvalue weighted by Gasteiger charge is 2.18. The van der Waals surface area contributed by atoms with Gasteiger partial charge in [0, 0.05) is 12.1 Å². The molecule has 4 nitrogen and oxygen atoms in total. The summed E-state index contributed by atoms with van der Waals surface area (Å²) in [4.78, 5) is 14.2. The normalized spacial score (nSPS) is 12.4. The van der Waals surface area contributed by atoms with Crippen LogP contribution in [0.2, 0.25) is 0 Å². The molecule has 1 aromatic heterocycles. The SMILES string of the molecule is Cc1ccccc1C(=O)NC[C@@H](c1ccco1)N(C)C. The molecule has 0 spiro atoms. The number of benzene rings is 1. The van der Waals surface area contributed by atoms with Crippen LogP contribution in [0.15, 0.2) is 47.1 Å². The molecule has 0 fully saturated rings. The Kier molecular flexibility index (Phi) is 4.58. The second kappa shape index (κ2) is 6.39. The van der Waals surface area contributed by atoms with E-state index in [2.05, 4.69) is 5.32 Å². The average molecular weight is 272 g/mol. The zero-order valence-electron chi connectivity index (χ0n) is 12.1. The van der Waals surface area contributed by atoms with Crippen LogP contribution in [0.3, 0.4) is 0 Å². The molecule has 0 saturated carbocycles. The van der Waals surface area contributed by atoms with E-state index in [-0.39, 0.29) is 11.9 Å². The van der Waals surface area contributed by atoms with Gasteiger partial charge in [0.25, 0.3) is 5.91 Å². The number of furan rings is 1. The molecule has 1 heterocycles. The van der Waals surface area contributed by atoms with E-state index in [0.717, 1.165) is 11.3 Å². The van der Waals surface area contributed by atoms with Gasteiger partial charge in [-0.05, 0) is 44.8 Å². The van der Waals surface area contributed by atoms with E-state index in [4.69, 9.17) is 4.42 Å². The van der Waals surface area contributed by atoms with Gasteiger partial charge in [0.15, 0.2) is 0 Å². The molecule has 20 heavy (non-hydrogen) atoms. The number of rotatable bonds is 5. The summed E-state index contributed by atoms with van der Waals surface area (Å²) >= 11 is 0. The Balaban J connectivity index is 2.03. The summed E-state index contributed by atoms with van der Waals surface area (Å²) in [5.41, 5.74) is 1.69. The number of aryl methyl sites for hydroxylation is 1. The molecular weight excluding hydrogens is 252 g/mol. The van der Waals surface area contributed by atoms with Crippen molar-refractivity contribution in [2.75, 3.05) is 20.6 Å².